The molecule has 0 amide bonds. The predicted molar refractivity (Wildman–Crippen MR) is 47.6 cm³/mol. The SMILES string of the molecule is CN(C)Cc1nnc(CCC(=O)O)o1. The largest absolute Gasteiger partial charge is 0.481 e. The van der Waals surface area contributed by atoms with Crippen molar-refractivity contribution in [2.24, 2.45) is 0 Å². The highest BCUT2D eigenvalue weighted by Crippen LogP contribution is 2.04. The molecule has 0 saturated heterocycles. The van der Waals surface area contributed by atoms with Crippen LogP contribution in [0.5, 0.6) is 0 Å². The van der Waals surface area contributed by atoms with Gasteiger partial charge in [0.25, 0.3) is 0 Å². The number of aromatic nitrogens is 2. The summed E-state index contributed by atoms with van der Waals surface area (Å²) in [6.07, 6.45) is 0.305. The first kappa shape index (κ1) is 10.6. The maximum Gasteiger partial charge on any atom is 0.303 e. The summed E-state index contributed by atoms with van der Waals surface area (Å²) in [6.45, 7) is 0.570. The molecule has 1 aromatic heterocycles. The minimum Gasteiger partial charge on any atom is -0.481 e. The topological polar surface area (TPSA) is 79.5 Å². The molecule has 0 fully saturated rings. The Hall–Kier alpha value is -1.43. The van der Waals surface area contributed by atoms with Gasteiger partial charge in [0.05, 0.1) is 13.0 Å². The number of carbonyl (C=O) groups is 1. The predicted octanol–water partition coefficient (Wildman–Crippen LogP) is 0.148. The Morgan fingerprint density at radius 3 is 2.64 bits per heavy atom. The first-order valence-corrected chi connectivity index (χ1v) is 4.25. The highest BCUT2D eigenvalue weighted by molar-refractivity contribution is 5.66. The quantitative estimate of drug-likeness (QED) is 0.727. The number of hydrogen-bond acceptors (Lipinski definition) is 5. The molecule has 0 spiro atoms. The summed E-state index contributed by atoms with van der Waals surface area (Å²) in [4.78, 5) is 12.2. The first-order chi connectivity index (χ1) is 6.58. The van der Waals surface area contributed by atoms with Gasteiger partial charge in [-0.3, -0.25) is 4.79 Å². The van der Waals surface area contributed by atoms with Crippen LogP contribution in [0.3, 0.4) is 0 Å². The van der Waals surface area contributed by atoms with Crippen LogP contribution in [0.25, 0.3) is 0 Å². The fourth-order valence-electron chi connectivity index (χ4n) is 0.938. The Labute approximate surface area is 81.5 Å². The van der Waals surface area contributed by atoms with E-state index in [1.54, 1.807) is 0 Å². The number of hydrogen-bond donors (Lipinski definition) is 1. The van der Waals surface area contributed by atoms with Crippen LogP contribution in [0.1, 0.15) is 18.2 Å². The van der Waals surface area contributed by atoms with E-state index in [-0.39, 0.29) is 12.8 Å². The van der Waals surface area contributed by atoms with E-state index in [1.807, 2.05) is 19.0 Å². The van der Waals surface area contributed by atoms with E-state index in [0.29, 0.717) is 18.3 Å². The van der Waals surface area contributed by atoms with Crippen molar-refractivity contribution in [3.63, 3.8) is 0 Å². The van der Waals surface area contributed by atoms with Gasteiger partial charge >= 0.3 is 5.97 Å². The van der Waals surface area contributed by atoms with Gasteiger partial charge in [0.2, 0.25) is 11.8 Å². The van der Waals surface area contributed by atoms with Crippen LogP contribution in [0.2, 0.25) is 0 Å². The highest BCUT2D eigenvalue weighted by atomic mass is 16.4. The second-order valence-corrected chi connectivity index (χ2v) is 3.22. The lowest BCUT2D eigenvalue weighted by Gasteiger charge is -2.03. The molecule has 0 aliphatic carbocycles. The molecule has 14 heavy (non-hydrogen) atoms. The van der Waals surface area contributed by atoms with Crippen molar-refractivity contribution in [1.29, 1.82) is 0 Å². The molecular formula is C8H13N3O3. The molecule has 78 valence electrons. The van der Waals surface area contributed by atoms with Gasteiger partial charge in [-0.1, -0.05) is 0 Å². The normalized spacial score (nSPS) is 10.8. The van der Waals surface area contributed by atoms with E-state index >= 15 is 0 Å². The van der Waals surface area contributed by atoms with Gasteiger partial charge in [-0.15, -0.1) is 10.2 Å². The van der Waals surface area contributed by atoms with Crippen LogP contribution in [-0.2, 0) is 17.8 Å². The van der Waals surface area contributed by atoms with Gasteiger partial charge < -0.3 is 14.4 Å². The van der Waals surface area contributed by atoms with E-state index < -0.39 is 5.97 Å². The molecule has 1 heterocycles. The van der Waals surface area contributed by atoms with Crippen molar-refractivity contribution in [2.75, 3.05) is 14.1 Å². The molecule has 1 N–H and O–H groups in total. The summed E-state index contributed by atoms with van der Waals surface area (Å²) >= 11 is 0. The fraction of sp³-hybridized carbons (Fsp3) is 0.625. The highest BCUT2D eigenvalue weighted by Gasteiger charge is 2.08. The lowest BCUT2D eigenvalue weighted by atomic mass is 10.3. The Kier molecular flexibility index (Phi) is 3.58. The van der Waals surface area contributed by atoms with Crippen molar-refractivity contribution in [3.8, 4) is 0 Å². The third kappa shape index (κ3) is 3.53. The van der Waals surface area contributed by atoms with Gasteiger partial charge in [0, 0.05) is 6.42 Å². The summed E-state index contributed by atoms with van der Waals surface area (Å²) in [6, 6.07) is 0. The summed E-state index contributed by atoms with van der Waals surface area (Å²) in [5.74, 6) is 0.0250. The van der Waals surface area contributed by atoms with Crippen LogP contribution in [0.15, 0.2) is 4.42 Å². The third-order valence-electron chi connectivity index (χ3n) is 1.51. The standard InChI is InChI=1S/C8H13N3O3/c1-11(2)5-7-10-9-6(14-7)3-4-8(12)13/h3-5H2,1-2H3,(H,12,13). The smallest absolute Gasteiger partial charge is 0.303 e. The van der Waals surface area contributed by atoms with Gasteiger partial charge in [-0.25, -0.2) is 0 Å². The molecule has 0 atom stereocenters. The molecule has 0 radical (unpaired) electrons. The molecular weight excluding hydrogens is 186 g/mol. The zero-order valence-corrected chi connectivity index (χ0v) is 8.23. The van der Waals surface area contributed by atoms with Crippen LogP contribution in [0, 0.1) is 0 Å². The molecule has 0 aromatic carbocycles. The van der Waals surface area contributed by atoms with E-state index in [2.05, 4.69) is 10.2 Å². The van der Waals surface area contributed by atoms with Crippen molar-refractivity contribution < 1.29 is 14.3 Å². The number of nitrogens with zero attached hydrogens (tertiary/aromatic N) is 3. The number of carboxylic acids is 1. The number of carboxylic acid groups (broad SMARTS) is 1. The third-order valence-corrected chi connectivity index (χ3v) is 1.51. The Morgan fingerprint density at radius 2 is 2.07 bits per heavy atom. The van der Waals surface area contributed by atoms with Crippen LogP contribution < -0.4 is 0 Å². The summed E-state index contributed by atoms with van der Waals surface area (Å²) in [7, 11) is 3.78. The van der Waals surface area contributed by atoms with Gasteiger partial charge in [-0.05, 0) is 14.1 Å². The van der Waals surface area contributed by atoms with E-state index in [1.165, 1.54) is 0 Å². The zero-order chi connectivity index (χ0) is 10.6. The lowest BCUT2D eigenvalue weighted by Crippen LogP contribution is -2.10. The van der Waals surface area contributed by atoms with Crippen LogP contribution >= 0.6 is 0 Å². The molecule has 1 aromatic rings. The number of rotatable bonds is 5. The summed E-state index contributed by atoms with van der Waals surface area (Å²) in [5, 5.41) is 15.9. The maximum absolute atomic E-state index is 10.3. The molecule has 0 aliphatic rings. The van der Waals surface area contributed by atoms with E-state index in [9.17, 15) is 4.79 Å². The van der Waals surface area contributed by atoms with Crippen molar-refractivity contribution >= 4 is 5.97 Å². The second-order valence-electron chi connectivity index (χ2n) is 3.22. The van der Waals surface area contributed by atoms with E-state index in [4.69, 9.17) is 9.52 Å². The number of aryl methyl sites for hydroxylation is 1. The molecule has 6 nitrogen and oxygen atoms in total. The first-order valence-electron chi connectivity index (χ1n) is 4.25. The summed E-state index contributed by atoms with van der Waals surface area (Å²) in [5.41, 5.74) is 0. The van der Waals surface area contributed by atoms with Crippen LogP contribution in [-0.4, -0.2) is 40.3 Å². The summed E-state index contributed by atoms with van der Waals surface area (Å²) < 4.78 is 5.22. The fourth-order valence-corrected chi connectivity index (χ4v) is 0.938. The minimum atomic E-state index is -0.864. The second kappa shape index (κ2) is 4.71. The van der Waals surface area contributed by atoms with Crippen LogP contribution in [0.4, 0.5) is 0 Å². The Morgan fingerprint density at radius 1 is 1.43 bits per heavy atom. The lowest BCUT2D eigenvalue weighted by molar-refractivity contribution is -0.137. The Balaban J connectivity index is 2.46. The molecule has 0 unspecified atom stereocenters. The maximum atomic E-state index is 10.3. The monoisotopic (exact) mass is 199 g/mol. The van der Waals surface area contributed by atoms with Crippen molar-refractivity contribution in [3.05, 3.63) is 11.8 Å². The minimum absolute atomic E-state index is 0.0175. The average Bonchev–Trinajstić information content (AvgIpc) is 2.47. The van der Waals surface area contributed by atoms with E-state index in [0.717, 1.165) is 0 Å². The van der Waals surface area contributed by atoms with Crippen molar-refractivity contribution in [1.82, 2.24) is 15.1 Å². The van der Waals surface area contributed by atoms with Gasteiger partial charge in [0.15, 0.2) is 0 Å². The molecule has 0 aliphatic heterocycles. The zero-order valence-electron chi connectivity index (χ0n) is 8.23. The molecule has 6 heteroatoms. The van der Waals surface area contributed by atoms with Gasteiger partial charge in [-0.2, -0.15) is 0 Å². The van der Waals surface area contributed by atoms with Gasteiger partial charge in [0.1, 0.15) is 0 Å². The molecule has 1 rings (SSSR count). The molecule has 0 saturated carbocycles. The average molecular weight is 199 g/mol. The Bertz CT molecular complexity index is 309. The molecule has 0 bridgehead atoms. The number of aliphatic carboxylic acids is 1. The van der Waals surface area contributed by atoms with Crippen molar-refractivity contribution in [2.45, 2.75) is 19.4 Å².